The second-order valence-corrected chi connectivity index (χ2v) is 7.68. The minimum Gasteiger partial charge on any atom is -0.380 e. The molecule has 3 aromatic carbocycles. The van der Waals surface area contributed by atoms with Gasteiger partial charge in [0.15, 0.2) is 0 Å². The van der Waals surface area contributed by atoms with Gasteiger partial charge in [-0.3, -0.25) is 10.1 Å². The smallest absolute Gasteiger partial charge is 0.283 e. The third kappa shape index (κ3) is 4.76. The standard InChI is InChI=1S/C20H13Cl2N3O2S/c21-16-7-6-15(10-17(16)22)28-20-8-5-13(9-19(20)25(26)27)12-24-18-4-2-1-3-14(18)11-23/h1-10,24H,12H2. The van der Waals surface area contributed by atoms with Crippen LogP contribution in [0.3, 0.4) is 0 Å². The summed E-state index contributed by atoms with van der Waals surface area (Å²) in [6, 6.07) is 19.4. The summed E-state index contributed by atoms with van der Waals surface area (Å²) >= 11 is 13.2. The molecule has 0 aliphatic rings. The van der Waals surface area contributed by atoms with E-state index in [4.69, 9.17) is 28.5 Å². The van der Waals surface area contributed by atoms with E-state index in [-0.39, 0.29) is 5.69 Å². The number of anilines is 1. The highest BCUT2D eigenvalue weighted by Gasteiger charge is 2.16. The van der Waals surface area contributed by atoms with Gasteiger partial charge in [0.1, 0.15) is 6.07 Å². The van der Waals surface area contributed by atoms with Crippen LogP contribution in [0, 0.1) is 21.4 Å². The van der Waals surface area contributed by atoms with Crippen LogP contribution in [0.15, 0.2) is 70.5 Å². The Kier molecular flexibility index (Phi) is 6.42. The minimum absolute atomic E-state index is 0.00365. The zero-order valence-electron chi connectivity index (χ0n) is 14.4. The number of hydrogen-bond acceptors (Lipinski definition) is 5. The summed E-state index contributed by atoms with van der Waals surface area (Å²) in [7, 11) is 0. The number of nitro groups is 1. The largest absolute Gasteiger partial charge is 0.380 e. The fourth-order valence-electron chi connectivity index (χ4n) is 2.50. The summed E-state index contributed by atoms with van der Waals surface area (Å²) in [6.45, 7) is 0.358. The lowest BCUT2D eigenvalue weighted by Crippen LogP contribution is -2.02. The lowest BCUT2D eigenvalue weighted by atomic mass is 10.1. The van der Waals surface area contributed by atoms with Crippen LogP contribution in [-0.4, -0.2) is 4.92 Å². The Morgan fingerprint density at radius 1 is 1.07 bits per heavy atom. The molecule has 0 radical (unpaired) electrons. The summed E-state index contributed by atoms with van der Waals surface area (Å²) in [5.74, 6) is 0. The first-order valence-electron chi connectivity index (χ1n) is 8.11. The molecule has 0 aliphatic heterocycles. The van der Waals surface area contributed by atoms with Crippen molar-refractivity contribution in [1.82, 2.24) is 0 Å². The van der Waals surface area contributed by atoms with Crippen molar-refractivity contribution < 1.29 is 4.92 Å². The van der Waals surface area contributed by atoms with Gasteiger partial charge in [-0.1, -0.05) is 53.2 Å². The molecular formula is C20H13Cl2N3O2S. The van der Waals surface area contributed by atoms with Crippen LogP contribution in [0.5, 0.6) is 0 Å². The molecule has 0 spiro atoms. The van der Waals surface area contributed by atoms with Crippen molar-refractivity contribution in [2.24, 2.45) is 0 Å². The van der Waals surface area contributed by atoms with Gasteiger partial charge in [-0.2, -0.15) is 5.26 Å². The van der Waals surface area contributed by atoms with E-state index in [1.165, 1.54) is 17.8 Å². The number of benzene rings is 3. The molecule has 0 heterocycles. The number of nitrogens with one attached hydrogen (secondary N) is 1. The van der Waals surface area contributed by atoms with Gasteiger partial charge in [-0.25, -0.2) is 0 Å². The molecule has 28 heavy (non-hydrogen) atoms. The normalized spacial score (nSPS) is 10.3. The SMILES string of the molecule is N#Cc1ccccc1NCc1ccc(Sc2ccc(Cl)c(Cl)c2)c([N+](=O)[O-])c1. The van der Waals surface area contributed by atoms with Crippen molar-refractivity contribution in [3.8, 4) is 6.07 Å². The molecule has 140 valence electrons. The number of rotatable bonds is 6. The first kappa shape index (κ1) is 20.0. The van der Waals surface area contributed by atoms with E-state index < -0.39 is 4.92 Å². The molecule has 0 aromatic heterocycles. The second-order valence-electron chi connectivity index (χ2n) is 5.75. The summed E-state index contributed by atoms with van der Waals surface area (Å²) in [5.41, 5.74) is 1.94. The van der Waals surface area contributed by atoms with Gasteiger partial charge in [0.05, 0.1) is 31.1 Å². The van der Waals surface area contributed by atoms with E-state index in [1.807, 2.05) is 12.1 Å². The lowest BCUT2D eigenvalue weighted by Gasteiger charge is -2.10. The lowest BCUT2D eigenvalue weighted by molar-refractivity contribution is -0.387. The molecule has 0 unspecified atom stereocenters. The van der Waals surface area contributed by atoms with E-state index in [1.54, 1.807) is 42.5 Å². The molecule has 0 aliphatic carbocycles. The van der Waals surface area contributed by atoms with Gasteiger partial charge < -0.3 is 5.32 Å². The maximum Gasteiger partial charge on any atom is 0.283 e. The fourth-order valence-corrected chi connectivity index (χ4v) is 3.80. The third-order valence-corrected chi connectivity index (χ3v) is 5.66. The Bertz CT molecular complexity index is 1080. The topological polar surface area (TPSA) is 79.0 Å². The second kappa shape index (κ2) is 8.98. The summed E-state index contributed by atoms with van der Waals surface area (Å²) in [4.78, 5) is 12.4. The van der Waals surface area contributed by atoms with E-state index >= 15 is 0 Å². The zero-order chi connectivity index (χ0) is 20.1. The van der Waals surface area contributed by atoms with Crippen LogP contribution in [0.2, 0.25) is 10.0 Å². The first-order chi connectivity index (χ1) is 13.5. The van der Waals surface area contributed by atoms with Crippen LogP contribution in [-0.2, 0) is 6.54 Å². The Balaban J connectivity index is 1.82. The average Bonchev–Trinajstić information content (AvgIpc) is 2.70. The maximum absolute atomic E-state index is 11.5. The van der Waals surface area contributed by atoms with Crippen LogP contribution < -0.4 is 5.32 Å². The molecule has 0 fully saturated rings. The Morgan fingerprint density at radius 2 is 1.86 bits per heavy atom. The molecule has 0 bridgehead atoms. The average molecular weight is 430 g/mol. The number of nitrogens with zero attached hydrogens (tertiary/aromatic N) is 2. The predicted octanol–water partition coefficient (Wildman–Crippen LogP) is 6.54. The highest BCUT2D eigenvalue weighted by Crippen LogP contribution is 2.37. The quantitative estimate of drug-likeness (QED) is 0.355. The van der Waals surface area contributed by atoms with Gasteiger partial charge in [0.2, 0.25) is 0 Å². The first-order valence-corrected chi connectivity index (χ1v) is 9.68. The molecule has 1 N–H and O–H groups in total. The van der Waals surface area contributed by atoms with Gasteiger partial charge in [-0.05, 0) is 42.0 Å². The van der Waals surface area contributed by atoms with Crippen molar-refractivity contribution in [2.45, 2.75) is 16.3 Å². The third-order valence-electron chi connectivity index (χ3n) is 3.87. The van der Waals surface area contributed by atoms with E-state index in [0.29, 0.717) is 32.7 Å². The molecule has 5 nitrogen and oxygen atoms in total. The molecule has 0 saturated heterocycles. The number of nitro benzene ring substituents is 1. The van der Waals surface area contributed by atoms with Crippen molar-refractivity contribution in [1.29, 1.82) is 5.26 Å². The highest BCUT2D eigenvalue weighted by atomic mass is 35.5. The van der Waals surface area contributed by atoms with Gasteiger partial charge in [0, 0.05) is 17.5 Å². The monoisotopic (exact) mass is 429 g/mol. The van der Waals surface area contributed by atoms with Crippen LogP contribution in [0.4, 0.5) is 11.4 Å². The molecule has 3 aromatic rings. The van der Waals surface area contributed by atoms with Gasteiger partial charge >= 0.3 is 0 Å². The highest BCUT2D eigenvalue weighted by molar-refractivity contribution is 7.99. The number of hydrogen-bond donors (Lipinski definition) is 1. The van der Waals surface area contributed by atoms with Gasteiger partial charge in [-0.15, -0.1) is 0 Å². The zero-order valence-corrected chi connectivity index (χ0v) is 16.7. The van der Waals surface area contributed by atoms with Crippen molar-refractivity contribution in [3.05, 3.63) is 92.0 Å². The fraction of sp³-hybridized carbons (Fsp3) is 0.0500. The predicted molar refractivity (Wildman–Crippen MR) is 112 cm³/mol. The number of halogens is 2. The van der Waals surface area contributed by atoms with Crippen molar-refractivity contribution in [3.63, 3.8) is 0 Å². The summed E-state index contributed by atoms with van der Waals surface area (Å²) in [5, 5.41) is 24.7. The number of nitriles is 1. The Morgan fingerprint density at radius 3 is 2.57 bits per heavy atom. The molecule has 0 amide bonds. The maximum atomic E-state index is 11.5. The van der Waals surface area contributed by atoms with E-state index in [9.17, 15) is 10.1 Å². The van der Waals surface area contributed by atoms with Crippen LogP contribution >= 0.6 is 35.0 Å². The molecule has 0 saturated carbocycles. The van der Waals surface area contributed by atoms with Crippen LogP contribution in [0.25, 0.3) is 0 Å². The number of para-hydroxylation sites is 1. The Hall–Kier alpha value is -2.72. The van der Waals surface area contributed by atoms with Crippen molar-refractivity contribution in [2.75, 3.05) is 5.32 Å². The summed E-state index contributed by atoms with van der Waals surface area (Å²) in [6.07, 6.45) is 0. The Labute approximate surface area is 176 Å². The van der Waals surface area contributed by atoms with Crippen molar-refractivity contribution >= 4 is 46.3 Å². The molecule has 8 heteroatoms. The molecular weight excluding hydrogens is 417 g/mol. The molecule has 3 rings (SSSR count). The molecule has 0 atom stereocenters. The van der Waals surface area contributed by atoms with E-state index in [0.717, 1.165) is 10.5 Å². The van der Waals surface area contributed by atoms with E-state index in [2.05, 4.69) is 11.4 Å². The van der Waals surface area contributed by atoms with Gasteiger partial charge in [0.25, 0.3) is 5.69 Å². The minimum atomic E-state index is -0.410. The summed E-state index contributed by atoms with van der Waals surface area (Å²) < 4.78 is 0. The van der Waals surface area contributed by atoms with Crippen LogP contribution in [0.1, 0.15) is 11.1 Å².